The molecular weight excluding hydrogens is 142 g/mol. The Bertz CT molecular complexity index is 235. The average Bonchev–Trinajstić information content (AvgIpc) is 2.34. The summed E-state index contributed by atoms with van der Waals surface area (Å²) in [6.45, 7) is 5.82. The zero-order valence-electron chi connectivity index (χ0n) is 6.96. The number of azo groups is 1. The van der Waals surface area contributed by atoms with Gasteiger partial charge in [0.1, 0.15) is 0 Å². The number of rotatable bonds is 1. The Balaban J connectivity index is 2.77. The van der Waals surface area contributed by atoms with Crippen molar-refractivity contribution in [3.05, 3.63) is 0 Å². The van der Waals surface area contributed by atoms with Gasteiger partial charge in [0, 0.05) is 5.41 Å². The summed E-state index contributed by atoms with van der Waals surface area (Å²) in [7, 11) is 0. The first-order valence-corrected chi connectivity index (χ1v) is 3.48. The summed E-state index contributed by atoms with van der Waals surface area (Å²) in [6, 6.07) is 0. The number of nitrogens with zero attached hydrogens (tertiary/aromatic N) is 3. The molecule has 0 amide bonds. The fraction of sp³-hybridized carbons (Fsp3) is 0.714. The predicted molar refractivity (Wildman–Crippen MR) is 41.6 cm³/mol. The van der Waals surface area contributed by atoms with Gasteiger partial charge >= 0.3 is 0 Å². The van der Waals surface area contributed by atoms with Crippen molar-refractivity contribution in [3.63, 3.8) is 0 Å². The second-order valence-corrected chi connectivity index (χ2v) is 3.44. The maximum Gasteiger partial charge on any atom is 0.215 e. The van der Waals surface area contributed by atoms with E-state index in [0.717, 1.165) is 0 Å². The Morgan fingerprint density at radius 3 is 2.45 bits per heavy atom. The molecule has 0 aromatic heterocycles. The standard InChI is InChI=1S/C7H11N3O/c1-7(2,3)5(11)6-8-4-9-10-6/h4H2,1-3H3. The second kappa shape index (κ2) is 2.53. The third-order valence-electron chi connectivity index (χ3n) is 1.33. The van der Waals surface area contributed by atoms with Crippen molar-refractivity contribution in [3.8, 4) is 0 Å². The van der Waals surface area contributed by atoms with Crippen LogP contribution in [0.2, 0.25) is 0 Å². The molecule has 1 rings (SSSR count). The minimum atomic E-state index is -0.401. The molecular formula is C7H11N3O. The molecule has 4 heteroatoms. The summed E-state index contributed by atoms with van der Waals surface area (Å²) in [5.41, 5.74) is -0.401. The Kier molecular flexibility index (Phi) is 1.85. The molecule has 0 radical (unpaired) electrons. The smallest absolute Gasteiger partial charge is 0.215 e. The molecule has 0 bridgehead atoms. The van der Waals surface area contributed by atoms with Crippen LogP contribution in [0, 0.1) is 5.41 Å². The molecule has 0 unspecified atom stereocenters. The van der Waals surface area contributed by atoms with Crippen molar-refractivity contribution < 1.29 is 4.79 Å². The second-order valence-electron chi connectivity index (χ2n) is 3.44. The maximum atomic E-state index is 11.4. The van der Waals surface area contributed by atoms with Gasteiger partial charge in [-0.3, -0.25) is 4.79 Å². The van der Waals surface area contributed by atoms with E-state index in [0.29, 0.717) is 6.67 Å². The monoisotopic (exact) mass is 153 g/mol. The fourth-order valence-corrected chi connectivity index (χ4v) is 0.681. The van der Waals surface area contributed by atoms with Crippen molar-refractivity contribution in [1.82, 2.24) is 0 Å². The SMILES string of the molecule is CC(C)(C)C(=O)C1=NCN=N1. The first kappa shape index (κ1) is 8.04. The quantitative estimate of drug-likeness (QED) is 0.562. The fourth-order valence-electron chi connectivity index (χ4n) is 0.681. The minimum Gasteiger partial charge on any atom is -0.290 e. The maximum absolute atomic E-state index is 11.4. The Hall–Kier alpha value is -1.06. The third-order valence-corrected chi connectivity index (χ3v) is 1.33. The number of amidine groups is 1. The van der Waals surface area contributed by atoms with Gasteiger partial charge in [-0.2, -0.15) is 5.11 Å². The molecule has 1 aliphatic heterocycles. The molecule has 0 aliphatic carbocycles. The van der Waals surface area contributed by atoms with E-state index in [-0.39, 0.29) is 11.6 Å². The van der Waals surface area contributed by atoms with Crippen molar-refractivity contribution in [2.75, 3.05) is 6.67 Å². The van der Waals surface area contributed by atoms with Crippen LogP contribution >= 0.6 is 0 Å². The summed E-state index contributed by atoms with van der Waals surface area (Å²) in [5, 5.41) is 7.23. The first-order valence-electron chi connectivity index (χ1n) is 3.48. The lowest BCUT2D eigenvalue weighted by Gasteiger charge is -2.13. The van der Waals surface area contributed by atoms with Crippen LogP contribution in [0.1, 0.15) is 20.8 Å². The lowest BCUT2D eigenvalue weighted by molar-refractivity contribution is -0.119. The van der Waals surface area contributed by atoms with E-state index in [9.17, 15) is 4.79 Å². The van der Waals surface area contributed by atoms with Gasteiger partial charge in [-0.1, -0.05) is 20.8 Å². The number of carbonyl (C=O) groups excluding carboxylic acids is 1. The molecule has 1 heterocycles. The van der Waals surface area contributed by atoms with E-state index in [4.69, 9.17) is 0 Å². The Labute approximate surface area is 65.4 Å². The Morgan fingerprint density at radius 1 is 1.45 bits per heavy atom. The van der Waals surface area contributed by atoms with Crippen LogP contribution in [-0.2, 0) is 4.79 Å². The number of ketones is 1. The van der Waals surface area contributed by atoms with E-state index >= 15 is 0 Å². The van der Waals surface area contributed by atoms with E-state index in [1.54, 1.807) is 0 Å². The molecule has 0 saturated carbocycles. The van der Waals surface area contributed by atoms with Gasteiger partial charge in [0.2, 0.25) is 11.6 Å². The summed E-state index contributed by atoms with van der Waals surface area (Å²) < 4.78 is 0. The van der Waals surface area contributed by atoms with Crippen LogP contribution in [0.25, 0.3) is 0 Å². The molecule has 0 atom stereocenters. The molecule has 0 fully saturated rings. The molecule has 1 aliphatic rings. The topological polar surface area (TPSA) is 54.1 Å². The van der Waals surface area contributed by atoms with Crippen molar-refractivity contribution in [2.45, 2.75) is 20.8 Å². The van der Waals surface area contributed by atoms with Gasteiger partial charge in [-0.05, 0) is 0 Å². The normalized spacial score (nSPS) is 16.8. The minimum absolute atomic E-state index is 0.0428. The van der Waals surface area contributed by atoms with Crippen molar-refractivity contribution in [2.24, 2.45) is 20.6 Å². The number of aliphatic imine (C=N–C) groups is 1. The summed E-state index contributed by atoms with van der Waals surface area (Å²) in [6.07, 6.45) is 0. The molecule has 0 aromatic carbocycles. The van der Waals surface area contributed by atoms with Crippen LogP contribution in [0.5, 0.6) is 0 Å². The highest BCUT2D eigenvalue weighted by Crippen LogP contribution is 2.17. The van der Waals surface area contributed by atoms with Crippen LogP contribution < -0.4 is 0 Å². The zero-order chi connectivity index (χ0) is 8.48. The van der Waals surface area contributed by atoms with Gasteiger partial charge in [-0.15, -0.1) is 5.11 Å². The van der Waals surface area contributed by atoms with Gasteiger partial charge in [0.25, 0.3) is 0 Å². The van der Waals surface area contributed by atoms with Crippen molar-refractivity contribution >= 4 is 11.6 Å². The highest BCUT2D eigenvalue weighted by Gasteiger charge is 2.27. The summed E-state index contributed by atoms with van der Waals surface area (Å²) >= 11 is 0. The van der Waals surface area contributed by atoms with Crippen LogP contribution in [0.15, 0.2) is 15.2 Å². The van der Waals surface area contributed by atoms with Gasteiger partial charge in [0.15, 0.2) is 6.67 Å². The van der Waals surface area contributed by atoms with Crippen LogP contribution in [-0.4, -0.2) is 18.3 Å². The zero-order valence-corrected chi connectivity index (χ0v) is 6.96. The predicted octanol–water partition coefficient (Wildman–Crippen LogP) is 1.42. The molecule has 0 saturated heterocycles. The third kappa shape index (κ3) is 1.69. The molecule has 60 valence electrons. The van der Waals surface area contributed by atoms with Gasteiger partial charge in [-0.25, -0.2) is 4.99 Å². The largest absolute Gasteiger partial charge is 0.290 e. The first-order chi connectivity index (χ1) is 5.02. The highest BCUT2D eigenvalue weighted by molar-refractivity contribution is 6.41. The van der Waals surface area contributed by atoms with Crippen molar-refractivity contribution in [1.29, 1.82) is 0 Å². The number of hydrogen-bond donors (Lipinski definition) is 0. The van der Waals surface area contributed by atoms with E-state index < -0.39 is 5.41 Å². The summed E-state index contributed by atoms with van der Waals surface area (Å²) in [5.74, 6) is 0.219. The summed E-state index contributed by atoms with van der Waals surface area (Å²) in [4.78, 5) is 15.2. The van der Waals surface area contributed by atoms with E-state index in [2.05, 4.69) is 15.2 Å². The molecule has 11 heavy (non-hydrogen) atoms. The Morgan fingerprint density at radius 2 is 2.09 bits per heavy atom. The van der Waals surface area contributed by atoms with Gasteiger partial charge < -0.3 is 0 Å². The van der Waals surface area contributed by atoms with E-state index in [1.807, 2.05) is 20.8 Å². The van der Waals surface area contributed by atoms with E-state index in [1.165, 1.54) is 0 Å². The highest BCUT2D eigenvalue weighted by atomic mass is 16.1. The van der Waals surface area contributed by atoms with Crippen LogP contribution in [0.3, 0.4) is 0 Å². The lowest BCUT2D eigenvalue weighted by Crippen LogP contribution is -2.26. The average molecular weight is 153 g/mol. The lowest BCUT2D eigenvalue weighted by atomic mass is 9.90. The number of hydrogen-bond acceptors (Lipinski definition) is 4. The number of carbonyl (C=O) groups is 1. The molecule has 4 nitrogen and oxygen atoms in total. The molecule has 0 N–H and O–H groups in total. The molecule has 0 spiro atoms. The molecule has 0 aromatic rings. The van der Waals surface area contributed by atoms with Gasteiger partial charge in [0.05, 0.1) is 0 Å². The van der Waals surface area contributed by atoms with Crippen LogP contribution in [0.4, 0.5) is 0 Å². The number of Topliss-reactive ketones (excluding diaryl/α,β-unsaturated/α-hetero) is 1.